The van der Waals surface area contributed by atoms with E-state index in [1.807, 2.05) is 24.3 Å². The molecule has 3 rings (SSSR count). The molecule has 1 fully saturated rings. The Kier molecular flexibility index (Phi) is 5.43. The largest absolute Gasteiger partial charge is 0.467 e. The van der Waals surface area contributed by atoms with Crippen LogP contribution in [0.5, 0.6) is 0 Å². The van der Waals surface area contributed by atoms with E-state index >= 15 is 0 Å². The number of anilines is 1. The van der Waals surface area contributed by atoms with E-state index in [9.17, 15) is 4.79 Å². The van der Waals surface area contributed by atoms with Crippen LogP contribution in [0.4, 0.5) is 5.82 Å². The van der Waals surface area contributed by atoms with Crippen molar-refractivity contribution in [3.63, 3.8) is 0 Å². The van der Waals surface area contributed by atoms with Crippen LogP contribution in [0.1, 0.15) is 18.6 Å². The molecular weight excluding hydrogens is 306 g/mol. The molecule has 0 spiro atoms. The first kappa shape index (κ1) is 16.4. The standard InChI is InChI=1S/C17H23N5O2/c1-21(13-15-6-4-10-24-15)17(23)12-18-11-14-5-3-9-22(14)16-7-2-8-19-20-16/h2,4,6-8,10,14,18H,3,5,9,11-13H2,1H3. The van der Waals surface area contributed by atoms with Gasteiger partial charge >= 0.3 is 0 Å². The van der Waals surface area contributed by atoms with Crippen LogP contribution < -0.4 is 10.2 Å². The van der Waals surface area contributed by atoms with Crippen molar-refractivity contribution in [1.82, 2.24) is 20.4 Å². The van der Waals surface area contributed by atoms with Crippen LogP contribution in [0.3, 0.4) is 0 Å². The zero-order chi connectivity index (χ0) is 16.8. The maximum absolute atomic E-state index is 12.2. The molecule has 3 heterocycles. The summed E-state index contributed by atoms with van der Waals surface area (Å²) in [6, 6.07) is 7.93. The molecule has 24 heavy (non-hydrogen) atoms. The fraction of sp³-hybridized carbons (Fsp3) is 0.471. The van der Waals surface area contributed by atoms with E-state index in [0.717, 1.165) is 37.5 Å². The Hall–Kier alpha value is -2.41. The molecule has 1 unspecified atom stereocenters. The van der Waals surface area contributed by atoms with Gasteiger partial charge in [-0.1, -0.05) is 0 Å². The maximum Gasteiger partial charge on any atom is 0.236 e. The molecule has 1 aliphatic heterocycles. The number of carbonyl (C=O) groups excluding carboxylic acids is 1. The number of amides is 1. The molecule has 2 aromatic heterocycles. The fourth-order valence-corrected chi connectivity index (χ4v) is 3.00. The molecule has 1 aliphatic rings. The Morgan fingerprint density at radius 2 is 2.38 bits per heavy atom. The number of hydrogen-bond donors (Lipinski definition) is 1. The summed E-state index contributed by atoms with van der Waals surface area (Å²) in [6.45, 7) is 2.55. The molecule has 7 heteroatoms. The van der Waals surface area contributed by atoms with Crippen molar-refractivity contribution in [2.24, 2.45) is 0 Å². The van der Waals surface area contributed by atoms with Gasteiger partial charge in [-0.3, -0.25) is 4.79 Å². The molecule has 0 bridgehead atoms. The van der Waals surface area contributed by atoms with Crippen LogP contribution in [0.15, 0.2) is 41.1 Å². The quantitative estimate of drug-likeness (QED) is 0.825. The third-order valence-electron chi connectivity index (χ3n) is 4.28. The normalized spacial score (nSPS) is 17.2. The molecule has 1 atom stereocenters. The summed E-state index contributed by atoms with van der Waals surface area (Å²) in [5.41, 5.74) is 0. The van der Waals surface area contributed by atoms with Gasteiger partial charge in [0.1, 0.15) is 5.76 Å². The van der Waals surface area contributed by atoms with Crippen molar-refractivity contribution in [2.45, 2.75) is 25.4 Å². The second-order valence-electron chi connectivity index (χ2n) is 6.03. The molecular formula is C17H23N5O2. The van der Waals surface area contributed by atoms with Crippen LogP contribution in [-0.2, 0) is 11.3 Å². The predicted octanol–water partition coefficient (Wildman–Crippen LogP) is 1.29. The Labute approximate surface area is 141 Å². The minimum atomic E-state index is 0.0513. The summed E-state index contributed by atoms with van der Waals surface area (Å²) < 4.78 is 5.27. The first-order valence-corrected chi connectivity index (χ1v) is 8.25. The summed E-state index contributed by atoms with van der Waals surface area (Å²) in [4.78, 5) is 16.1. The van der Waals surface area contributed by atoms with Gasteiger partial charge in [0.15, 0.2) is 5.82 Å². The number of nitrogens with one attached hydrogen (secondary N) is 1. The highest BCUT2D eigenvalue weighted by atomic mass is 16.3. The average Bonchev–Trinajstić information content (AvgIpc) is 3.27. The first-order valence-electron chi connectivity index (χ1n) is 8.25. The van der Waals surface area contributed by atoms with Crippen molar-refractivity contribution >= 4 is 11.7 Å². The first-order chi connectivity index (χ1) is 11.7. The van der Waals surface area contributed by atoms with E-state index in [1.54, 1.807) is 24.4 Å². The SMILES string of the molecule is CN(Cc1ccco1)C(=O)CNCC1CCCN1c1cccnn1. The molecule has 1 N–H and O–H groups in total. The van der Waals surface area contributed by atoms with E-state index < -0.39 is 0 Å². The summed E-state index contributed by atoms with van der Waals surface area (Å²) in [5.74, 6) is 1.74. The second kappa shape index (κ2) is 7.92. The topological polar surface area (TPSA) is 74.5 Å². The van der Waals surface area contributed by atoms with Crippen molar-refractivity contribution in [2.75, 3.05) is 31.6 Å². The fourth-order valence-electron chi connectivity index (χ4n) is 3.00. The van der Waals surface area contributed by atoms with Crippen LogP contribution in [0, 0.1) is 0 Å². The number of nitrogens with zero attached hydrogens (tertiary/aromatic N) is 4. The maximum atomic E-state index is 12.2. The smallest absolute Gasteiger partial charge is 0.236 e. The van der Waals surface area contributed by atoms with Gasteiger partial charge in [-0.25, -0.2) is 0 Å². The van der Waals surface area contributed by atoms with E-state index in [-0.39, 0.29) is 5.91 Å². The van der Waals surface area contributed by atoms with Crippen molar-refractivity contribution in [1.29, 1.82) is 0 Å². The molecule has 1 amide bonds. The third-order valence-corrected chi connectivity index (χ3v) is 4.28. The Morgan fingerprint density at radius 1 is 1.46 bits per heavy atom. The monoisotopic (exact) mass is 329 g/mol. The number of aromatic nitrogens is 2. The van der Waals surface area contributed by atoms with Gasteiger partial charge in [0, 0.05) is 32.4 Å². The highest BCUT2D eigenvalue weighted by Gasteiger charge is 2.25. The van der Waals surface area contributed by atoms with E-state index in [0.29, 0.717) is 19.1 Å². The Bertz CT molecular complexity index is 632. The minimum absolute atomic E-state index is 0.0513. The van der Waals surface area contributed by atoms with Crippen LogP contribution in [0.25, 0.3) is 0 Å². The number of rotatable bonds is 7. The molecule has 128 valence electrons. The van der Waals surface area contributed by atoms with Crippen LogP contribution >= 0.6 is 0 Å². The van der Waals surface area contributed by atoms with Gasteiger partial charge in [-0.2, -0.15) is 5.10 Å². The highest BCUT2D eigenvalue weighted by molar-refractivity contribution is 5.77. The molecule has 0 radical (unpaired) electrons. The van der Waals surface area contributed by atoms with Crippen LogP contribution in [-0.4, -0.2) is 53.7 Å². The number of likely N-dealkylation sites (N-methyl/N-ethyl adjacent to an activating group) is 1. The van der Waals surface area contributed by atoms with Gasteiger partial charge < -0.3 is 19.5 Å². The Morgan fingerprint density at radius 3 is 3.12 bits per heavy atom. The number of hydrogen-bond acceptors (Lipinski definition) is 6. The summed E-state index contributed by atoms with van der Waals surface area (Å²) >= 11 is 0. The minimum Gasteiger partial charge on any atom is -0.467 e. The van der Waals surface area contributed by atoms with E-state index in [1.165, 1.54) is 0 Å². The van der Waals surface area contributed by atoms with Crippen molar-refractivity contribution in [3.05, 3.63) is 42.5 Å². The zero-order valence-corrected chi connectivity index (χ0v) is 13.9. The van der Waals surface area contributed by atoms with Gasteiger partial charge in [0.05, 0.1) is 19.4 Å². The lowest BCUT2D eigenvalue weighted by Crippen LogP contribution is -2.42. The summed E-state index contributed by atoms with van der Waals surface area (Å²) in [6.07, 6.45) is 5.53. The van der Waals surface area contributed by atoms with Gasteiger partial charge in [0.25, 0.3) is 0 Å². The second-order valence-corrected chi connectivity index (χ2v) is 6.03. The third kappa shape index (κ3) is 4.11. The highest BCUT2D eigenvalue weighted by Crippen LogP contribution is 2.22. The lowest BCUT2D eigenvalue weighted by molar-refractivity contribution is -0.129. The number of furan rings is 1. The summed E-state index contributed by atoms with van der Waals surface area (Å²) in [5, 5.41) is 11.4. The molecule has 2 aromatic rings. The van der Waals surface area contributed by atoms with Crippen molar-refractivity contribution in [3.8, 4) is 0 Å². The van der Waals surface area contributed by atoms with E-state index in [2.05, 4.69) is 20.4 Å². The van der Waals surface area contributed by atoms with Crippen LogP contribution in [0.2, 0.25) is 0 Å². The summed E-state index contributed by atoms with van der Waals surface area (Å²) in [7, 11) is 1.79. The van der Waals surface area contributed by atoms with E-state index in [4.69, 9.17) is 4.42 Å². The van der Waals surface area contributed by atoms with Gasteiger partial charge in [-0.15, -0.1) is 5.10 Å². The molecule has 0 aromatic carbocycles. The lowest BCUT2D eigenvalue weighted by atomic mass is 10.2. The molecule has 0 aliphatic carbocycles. The molecule has 0 saturated carbocycles. The van der Waals surface area contributed by atoms with Gasteiger partial charge in [0.2, 0.25) is 5.91 Å². The molecule has 1 saturated heterocycles. The Balaban J connectivity index is 1.44. The molecule has 7 nitrogen and oxygen atoms in total. The average molecular weight is 329 g/mol. The zero-order valence-electron chi connectivity index (χ0n) is 13.9. The lowest BCUT2D eigenvalue weighted by Gasteiger charge is -2.25. The number of carbonyl (C=O) groups is 1. The van der Waals surface area contributed by atoms with Gasteiger partial charge in [-0.05, 0) is 37.1 Å². The van der Waals surface area contributed by atoms with Crippen molar-refractivity contribution < 1.29 is 9.21 Å². The predicted molar refractivity (Wildman–Crippen MR) is 90.5 cm³/mol.